The lowest BCUT2D eigenvalue weighted by Gasteiger charge is -2.20. The van der Waals surface area contributed by atoms with Gasteiger partial charge in [-0.3, -0.25) is 0 Å². The summed E-state index contributed by atoms with van der Waals surface area (Å²) in [7, 11) is 2.23. The van der Waals surface area contributed by atoms with E-state index in [1.54, 1.807) is 0 Å². The molecule has 0 spiro atoms. The van der Waals surface area contributed by atoms with E-state index >= 15 is 0 Å². The van der Waals surface area contributed by atoms with E-state index in [0.717, 1.165) is 18.9 Å². The highest BCUT2D eigenvalue weighted by Gasteiger charge is 2.11. The molecule has 0 unspecified atom stereocenters. The first-order valence-electron chi connectivity index (χ1n) is 10.5. The summed E-state index contributed by atoms with van der Waals surface area (Å²) >= 11 is 0. The third-order valence-corrected chi connectivity index (χ3v) is 4.51. The van der Waals surface area contributed by atoms with E-state index in [4.69, 9.17) is 4.74 Å². The molecule has 1 aromatic carbocycles. The van der Waals surface area contributed by atoms with Gasteiger partial charge in [-0.25, -0.2) is 0 Å². The highest BCUT2D eigenvalue weighted by molar-refractivity contribution is 5.27. The lowest BCUT2D eigenvalue weighted by atomic mass is 9.89. The average Bonchev–Trinajstić information content (AvgIpc) is 2.51. The summed E-state index contributed by atoms with van der Waals surface area (Å²) in [5.41, 5.74) is 2.06. The van der Waals surface area contributed by atoms with Crippen LogP contribution in [0.2, 0.25) is 0 Å². The minimum atomic E-state index is 0.200. The monoisotopic (exact) mass is 361 g/mol. The van der Waals surface area contributed by atoms with Gasteiger partial charge in [-0.1, -0.05) is 79.4 Å². The Balaban J connectivity index is 2.16. The fourth-order valence-corrected chi connectivity index (χ4v) is 2.95. The average molecular weight is 362 g/mol. The first-order chi connectivity index (χ1) is 12.1. The molecule has 0 aliphatic carbocycles. The van der Waals surface area contributed by atoms with Crippen molar-refractivity contribution in [3.05, 3.63) is 29.8 Å². The summed E-state index contributed by atoms with van der Waals surface area (Å²) in [6.45, 7) is 16.6. The molecule has 0 radical (unpaired) electrons. The van der Waals surface area contributed by atoms with E-state index in [1.807, 2.05) is 0 Å². The van der Waals surface area contributed by atoms with Crippen LogP contribution in [0.5, 0.6) is 5.75 Å². The van der Waals surface area contributed by atoms with Crippen LogP contribution in [-0.4, -0.2) is 25.1 Å². The maximum absolute atomic E-state index is 5.85. The largest absolute Gasteiger partial charge is 0.493 e. The molecule has 0 saturated heterocycles. The Morgan fingerprint density at radius 3 is 1.92 bits per heavy atom. The van der Waals surface area contributed by atoms with Crippen molar-refractivity contribution >= 4 is 0 Å². The van der Waals surface area contributed by atoms with E-state index in [0.29, 0.717) is 5.41 Å². The number of nitrogens with zero attached hydrogens (tertiary/aromatic N) is 1. The molecule has 0 aliphatic rings. The van der Waals surface area contributed by atoms with Crippen molar-refractivity contribution in [3.63, 3.8) is 0 Å². The molecule has 26 heavy (non-hydrogen) atoms. The second-order valence-corrected chi connectivity index (χ2v) is 10.3. The van der Waals surface area contributed by atoms with Gasteiger partial charge in [0.05, 0.1) is 6.61 Å². The minimum Gasteiger partial charge on any atom is -0.493 e. The molecule has 2 heteroatoms. The standard InChI is InChI=1S/C24H43NO/c1-23(2,3)17-11-9-8-10-12-18-25(7)19-21-13-15-22(16-14-21)26-20-24(4,5)6/h13-16H,8-12,17-20H2,1-7H3. The summed E-state index contributed by atoms with van der Waals surface area (Å²) in [5, 5.41) is 0. The first-order valence-corrected chi connectivity index (χ1v) is 10.5. The Labute approximate surface area is 163 Å². The van der Waals surface area contributed by atoms with Gasteiger partial charge in [0.25, 0.3) is 0 Å². The predicted molar refractivity (Wildman–Crippen MR) is 115 cm³/mol. The van der Waals surface area contributed by atoms with Gasteiger partial charge in [-0.05, 0) is 55.0 Å². The molecular weight excluding hydrogens is 318 g/mol. The quantitative estimate of drug-likeness (QED) is 0.396. The Hall–Kier alpha value is -1.02. The summed E-state index contributed by atoms with van der Waals surface area (Å²) in [5.74, 6) is 0.974. The number of hydrogen-bond donors (Lipinski definition) is 0. The van der Waals surface area contributed by atoms with Crippen molar-refractivity contribution in [1.29, 1.82) is 0 Å². The van der Waals surface area contributed by atoms with Crippen LogP contribution in [0.1, 0.15) is 85.6 Å². The highest BCUT2D eigenvalue weighted by Crippen LogP contribution is 2.22. The Bertz CT molecular complexity index is 478. The van der Waals surface area contributed by atoms with Crippen LogP contribution in [0, 0.1) is 10.8 Å². The third kappa shape index (κ3) is 12.4. The van der Waals surface area contributed by atoms with Crippen molar-refractivity contribution in [2.24, 2.45) is 10.8 Å². The number of hydrogen-bond acceptors (Lipinski definition) is 2. The van der Waals surface area contributed by atoms with Crippen molar-refractivity contribution in [2.75, 3.05) is 20.2 Å². The van der Waals surface area contributed by atoms with E-state index in [-0.39, 0.29) is 5.41 Å². The molecule has 0 fully saturated rings. The molecule has 1 rings (SSSR count). The van der Waals surface area contributed by atoms with Crippen molar-refractivity contribution in [3.8, 4) is 5.75 Å². The normalized spacial score (nSPS) is 12.6. The third-order valence-electron chi connectivity index (χ3n) is 4.51. The second kappa shape index (κ2) is 11.0. The zero-order valence-corrected chi connectivity index (χ0v) is 18.5. The zero-order chi connectivity index (χ0) is 19.6. The smallest absolute Gasteiger partial charge is 0.119 e. The molecular formula is C24H43NO. The van der Waals surface area contributed by atoms with Crippen molar-refractivity contribution in [2.45, 2.75) is 86.6 Å². The Morgan fingerprint density at radius 2 is 1.35 bits per heavy atom. The summed E-state index contributed by atoms with van der Waals surface area (Å²) < 4.78 is 5.85. The maximum Gasteiger partial charge on any atom is 0.119 e. The molecule has 0 heterocycles. The van der Waals surface area contributed by atoms with E-state index in [1.165, 1.54) is 50.6 Å². The number of ether oxygens (including phenoxy) is 1. The molecule has 0 saturated carbocycles. The Morgan fingerprint density at radius 1 is 0.769 bits per heavy atom. The molecule has 0 bridgehead atoms. The summed E-state index contributed by atoms with van der Waals surface area (Å²) in [6, 6.07) is 8.59. The minimum absolute atomic E-state index is 0.200. The lowest BCUT2D eigenvalue weighted by Crippen LogP contribution is -2.19. The van der Waals surface area contributed by atoms with Gasteiger partial charge in [0, 0.05) is 6.54 Å². The topological polar surface area (TPSA) is 12.5 Å². The van der Waals surface area contributed by atoms with Crippen LogP contribution in [0.3, 0.4) is 0 Å². The van der Waals surface area contributed by atoms with Crippen LogP contribution in [0.4, 0.5) is 0 Å². The SMILES string of the molecule is CN(CCCCCCCC(C)(C)C)Cc1ccc(OCC(C)(C)C)cc1. The van der Waals surface area contributed by atoms with Crippen LogP contribution in [0.25, 0.3) is 0 Å². The number of rotatable bonds is 11. The number of unbranched alkanes of at least 4 members (excludes halogenated alkanes) is 4. The molecule has 150 valence electrons. The number of benzene rings is 1. The van der Waals surface area contributed by atoms with Gasteiger partial charge in [0.15, 0.2) is 0 Å². The molecule has 1 aromatic rings. The van der Waals surface area contributed by atoms with Gasteiger partial charge in [-0.15, -0.1) is 0 Å². The van der Waals surface area contributed by atoms with Crippen LogP contribution in [-0.2, 0) is 6.54 Å². The highest BCUT2D eigenvalue weighted by atomic mass is 16.5. The van der Waals surface area contributed by atoms with Gasteiger partial charge in [-0.2, -0.15) is 0 Å². The zero-order valence-electron chi connectivity index (χ0n) is 18.5. The van der Waals surface area contributed by atoms with Gasteiger partial charge >= 0.3 is 0 Å². The van der Waals surface area contributed by atoms with E-state index < -0.39 is 0 Å². The molecule has 0 atom stereocenters. The molecule has 2 nitrogen and oxygen atoms in total. The summed E-state index contributed by atoms with van der Waals surface area (Å²) in [6.07, 6.45) is 8.15. The van der Waals surface area contributed by atoms with E-state index in [2.05, 4.69) is 77.8 Å². The Kier molecular flexibility index (Phi) is 9.71. The van der Waals surface area contributed by atoms with E-state index in [9.17, 15) is 0 Å². The maximum atomic E-state index is 5.85. The van der Waals surface area contributed by atoms with Crippen LogP contribution < -0.4 is 4.74 Å². The second-order valence-electron chi connectivity index (χ2n) is 10.3. The fourth-order valence-electron chi connectivity index (χ4n) is 2.95. The summed E-state index contributed by atoms with van der Waals surface area (Å²) in [4.78, 5) is 2.43. The first kappa shape index (κ1) is 23.0. The molecule has 0 N–H and O–H groups in total. The van der Waals surface area contributed by atoms with Crippen molar-refractivity contribution < 1.29 is 4.74 Å². The molecule has 0 aromatic heterocycles. The molecule has 0 amide bonds. The fraction of sp³-hybridized carbons (Fsp3) is 0.750. The van der Waals surface area contributed by atoms with Gasteiger partial charge < -0.3 is 9.64 Å². The van der Waals surface area contributed by atoms with Gasteiger partial charge in [0.1, 0.15) is 5.75 Å². The van der Waals surface area contributed by atoms with Crippen LogP contribution in [0.15, 0.2) is 24.3 Å². The van der Waals surface area contributed by atoms with Gasteiger partial charge in [0.2, 0.25) is 0 Å². The lowest BCUT2D eigenvalue weighted by molar-refractivity contribution is 0.198. The van der Waals surface area contributed by atoms with Crippen LogP contribution >= 0.6 is 0 Å². The predicted octanol–water partition coefficient (Wildman–Crippen LogP) is 6.93. The molecule has 0 aliphatic heterocycles. The van der Waals surface area contributed by atoms with Crippen molar-refractivity contribution in [1.82, 2.24) is 4.90 Å².